The zero-order chi connectivity index (χ0) is 13.0. The maximum atomic E-state index is 6.00. The van der Waals surface area contributed by atoms with Crippen molar-refractivity contribution in [2.24, 2.45) is 11.7 Å². The van der Waals surface area contributed by atoms with Gasteiger partial charge in [0.15, 0.2) is 0 Å². The lowest BCUT2D eigenvalue weighted by molar-refractivity contribution is 0.147. The van der Waals surface area contributed by atoms with Gasteiger partial charge in [0.1, 0.15) is 0 Å². The maximum Gasteiger partial charge on any atom is 0.0503 e. The van der Waals surface area contributed by atoms with Crippen molar-refractivity contribution < 1.29 is 4.74 Å². The lowest BCUT2D eigenvalue weighted by atomic mass is 10.0. The summed E-state index contributed by atoms with van der Waals surface area (Å²) < 4.78 is 5.26. The monoisotopic (exact) mass is 248 g/mol. The predicted octanol–water partition coefficient (Wildman–Crippen LogP) is 1.96. The van der Waals surface area contributed by atoms with Crippen LogP contribution in [0.25, 0.3) is 0 Å². The summed E-state index contributed by atoms with van der Waals surface area (Å²) in [7, 11) is 1.78. The number of aryl methyl sites for hydroxylation is 1. The van der Waals surface area contributed by atoms with Gasteiger partial charge in [0.05, 0.1) is 6.61 Å². The molecule has 100 valence electrons. The molecule has 0 aromatic heterocycles. The summed E-state index contributed by atoms with van der Waals surface area (Å²) in [6.45, 7) is 5.95. The zero-order valence-electron chi connectivity index (χ0n) is 11.4. The van der Waals surface area contributed by atoms with Crippen molar-refractivity contribution >= 4 is 0 Å². The minimum Gasteiger partial charge on any atom is -0.384 e. The van der Waals surface area contributed by atoms with E-state index in [-0.39, 0.29) is 0 Å². The summed E-state index contributed by atoms with van der Waals surface area (Å²) >= 11 is 0. The van der Waals surface area contributed by atoms with Gasteiger partial charge in [-0.15, -0.1) is 0 Å². The molecule has 2 N–H and O–H groups in total. The number of hydrogen-bond donors (Lipinski definition) is 1. The van der Waals surface area contributed by atoms with E-state index < -0.39 is 0 Å². The van der Waals surface area contributed by atoms with E-state index in [1.807, 2.05) is 0 Å². The van der Waals surface area contributed by atoms with Crippen molar-refractivity contribution in [2.75, 3.05) is 33.4 Å². The van der Waals surface area contributed by atoms with E-state index in [1.54, 1.807) is 7.11 Å². The Balaban J connectivity index is 2.08. The van der Waals surface area contributed by atoms with Crippen LogP contribution in [0.3, 0.4) is 0 Å². The smallest absolute Gasteiger partial charge is 0.0503 e. The fraction of sp³-hybridized carbons (Fsp3) is 0.600. The molecule has 0 bridgehead atoms. The van der Waals surface area contributed by atoms with Crippen LogP contribution < -0.4 is 5.73 Å². The van der Waals surface area contributed by atoms with E-state index in [0.29, 0.717) is 18.5 Å². The molecule has 1 saturated heterocycles. The van der Waals surface area contributed by atoms with Crippen LogP contribution in [0, 0.1) is 12.8 Å². The molecule has 0 radical (unpaired) electrons. The van der Waals surface area contributed by atoms with Crippen molar-refractivity contribution in [2.45, 2.75) is 19.4 Å². The summed E-state index contributed by atoms with van der Waals surface area (Å²) in [5.41, 5.74) is 8.71. The third kappa shape index (κ3) is 2.91. The number of likely N-dealkylation sites (tertiary alicyclic amines) is 1. The second-order valence-corrected chi connectivity index (χ2v) is 5.21. The van der Waals surface area contributed by atoms with Gasteiger partial charge in [-0.1, -0.05) is 24.3 Å². The third-order valence-electron chi connectivity index (χ3n) is 3.93. The molecule has 3 nitrogen and oxygen atoms in total. The van der Waals surface area contributed by atoms with Crippen molar-refractivity contribution in [3.63, 3.8) is 0 Å². The quantitative estimate of drug-likeness (QED) is 0.865. The van der Waals surface area contributed by atoms with Crippen LogP contribution in [0.15, 0.2) is 24.3 Å². The van der Waals surface area contributed by atoms with Gasteiger partial charge in [0.25, 0.3) is 0 Å². The fourth-order valence-electron chi connectivity index (χ4n) is 2.95. The standard InChI is InChI=1S/C15H24N2O/c1-12-5-3-4-6-14(12)15(9-16)17-8-7-13(10-17)11-18-2/h3-6,13,15H,7-11,16H2,1-2H3. The molecule has 1 aromatic carbocycles. The van der Waals surface area contributed by atoms with Gasteiger partial charge in [-0.25, -0.2) is 0 Å². The molecule has 0 spiro atoms. The zero-order valence-corrected chi connectivity index (χ0v) is 11.4. The van der Waals surface area contributed by atoms with Gasteiger partial charge in [0, 0.05) is 26.2 Å². The van der Waals surface area contributed by atoms with E-state index in [9.17, 15) is 0 Å². The number of nitrogens with zero attached hydrogens (tertiary/aromatic N) is 1. The number of rotatable bonds is 5. The highest BCUT2D eigenvalue weighted by Gasteiger charge is 2.28. The average Bonchev–Trinajstić information content (AvgIpc) is 2.82. The first-order valence-electron chi connectivity index (χ1n) is 6.74. The minimum atomic E-state index is 0.355. The van der Waals surface area contributed by atoms with Gasteiger partial charge < -0.3 is 10.5 Å². The van der Waals surface area contributed by atoms with Crippen LogP contribution in [0.2, 0.25) is 0 Å². The highest BCUT2D eigenvalue weighted by molar-refractivity contribution is 5.29. The lowest BCUT2D eigenvalue weighted by Crippen LogP contribution is -2.32. The summed E-state index contributed by atoms with van der Waals surface area (Å²) in [6, 6.07) is 8.92. The summed E-state index contributed by atoms with van der Waals surface area (Å²) in [4.78, 5) is 2.51. The van der Waals surface area contributed by atoms with Crippen LogP contribution in [0.1, 0.15) is 23.6 Å². The van der Waals surface area contributed by atoms with E-state index >= 15 is 0 Å². The fourth-order valence-corrected chi connectivity index (χ4v) is 2.95. The van der Waals surface area contributed by atoms with Gasteiger partial charge in [-0.2, -0.15) is 0 Å². The Labute approximate surface area is 110 Å². The SMILES string of the molecule is COCC1CCN(C(CN)c2ccccc2C)C1. The van der Waals surface area contributed by atoms with E-state index in [2.05, 4.69) is 36.1 Å². The van der Waals surface area contributed by atoms with Crippen molar-refractivity contribution in [1.29, 1.82) is 0 Å². The number of hydrogen-bond acceptors (Lipinski definition) is 3. The Morgan fingerprint density at radius 1 is 1.44 bits per heavy atom. The van der Waals surface area contributed by atoms with Gasteiger partial charge in [-0.3, -0.25) is 4.90 Å². The Kier molecular flexibility index (Phi) is 4.75. The van der Waals surface area contributed by atoms with Crippen LogP contribution in [0.4, 0.5) is 0 Å². The topological polar surface area (TPSA) is 38.5 Å². The third-order valence-corrected chi connectivity index (χ3v) is 3.93. The van der Waals surface area contributed by atoms with Crippen molar-refractivity contribution in [3.8, 4) is 0 Å². The van der Waals surface area contributed by atoms with Gasteiger partial charge in [0.2, 0.25) is 0 Å². The van der Waals surface area contributed by atoms with Gasteiger partial charge in [-0.05, 0) is 36.9 Å². The molecule has 3 heteroatoms. The molecule has 0 aliphatic carbocycles. The molecule has 2 atom stereocenters. The number of ether oxygens (including phenoxy) is 1. The first-order valence-corrected chi connectivity index (χ1v) is 6.74. The van der Waals surface area contributed by atoms with Crippen LogP contribution >= 0.6 is 0 Å². The number of nitrogens with two attached hydrogens (primary N) is 1. The predicted molar refractivity (Wildman–Crippen MR) is 74.5 cm³/mol. The van der Waals surface area contributed by atoms with Crippen LogP contribution in [-0.4, -0.2) is 38.3 Å². The maximum absolute atomic E-state index is 6.00. The second-order valence-electron chi connectivity index (χ2n) is 5.21. The van der Waals surface area contributed by atoms with E-state index in [0.717, 1.165) is 19.7 Å². The van der Waals surface area contributed by atoms with Gasteiger partial charge >= 0.3 is 0 Å². The molecule has 0 saturated carbocycles. The lowest BCUT2D eigenvalue weighted by Gasteiger charge is -2.28. The van der Waals surface area contributed by atoms with E-state index in [1.165, 1.54) is 17.5 Å². The van der Waals surface area contributed by atoms with E-state index in [4.69, 9.17) is 10.5 Å². The molecule has 0 amide bonds. The molecule has 18 heavy (non-hydrogen) atoms. The molecule has 1 heterocycles. The average molecular weight is 248 g/mol. The summed E-state index contributed by atoms with van der Waals surface area (Å²) in [6.07, 6.45) is 1.22. The first kappa shape index (κ1) is 13.5. The number of methoxy groups -OCH3 is 1. The Morgan fingerprint density at radius 2 is 2.22 bits per heavy atom. The normalized spacial score (nSPS) is 22.3. The molecule has 1 aliphatic heterocycles. The summed E-state index contributed by atoms with van der Waals surface area (Å²) in [5.74, 6) is 0.660. The molecule has 1 aliphatic rings. The second kappa shape index (κ2) is 6.32. The van der Waals surface area contributed by atoms with Crippen molar-refractivity contribution in [3.05, 3.63) is 35.4 Å². The molecular formula is C15H24N2O. The molecule has 1 fully saturated rings. The molecule has 2 unspecified atom stereocenters. The minimum absolute atomic E-state index is 0.355. The largest absolute Gasteiger partial charge is 0.384 e. The number of benzene rings is 1. The Bertz CT molecular complexity index is 381. The van der Waals surface area contributed by atoms with Crippen LogP contribution in [0.5, 0.6) is 0 Å². The summed E-state index contributed by atoms with van der Waals surface area (Å²) in [5, 5.41) is 0. The van der Waals surface area contributed by atoms with Crippen LogP contribution in [-0.2, 0) is 4.74 Å². The molecular weight excluding hydrogens is 224 g/mol. The molecule has 2 rings (SSSR count). The van der Waals surface area contributed by atoms with Crippen molar-refractivity contribution in [1.82, 2.24) is 4.90 Å². The highest BCUT2D eigenvalue weighted by atomic mass is 16.5. The molecule has 1 aromatic rings. The highest BCUT2D eigenvalue weighted by Crippen LogP contribution is 2.28. The first-order chi connectivity index (χ1) is 8.76. The Hall–Kier alpha value is -0.900. The Morgan fingerprint density at radius 3 is 2.89 bits per heavy atom.